The van der Waals surface area contributed by atoms with Crippen LogP contribution in [-0.2, 0) is 6.61 Å². The minimum atomic E-state index is -0.0769. The first-order valence-corrected chi connectivity index (χ1v) is 5.33. The molecule has 4 nitrogen and oxygen atoms in total. The number of rotatable bonds is 7. The first-order chi connectivity index (χ1) is 7.81. The van der Waals surface area contributed by atoms with Crippen LogP contribution in [0.3, 0.4) is 0 Å². The highest BCUT2D eigenvalue weighted by Gasteiger charge is 2.04. The lowest BCUT2D eigenvalue weighted by molar-refractivity contribution is 0.242. The molecular formula is C12H18O4. The fourth-order valence-corrected chi connectivity index (χ4v) is 1.34. The molecule has 0 amide bonds. The van der Waals surface area contributed by atoms with Gasteiger partial charge < -0.3 is 19.7 Å². The molecule has 0 atom stereocenters. The number of benzene rings is 1. The summed E-state index contributed by atoms with van der Waals surface area (Å²) in [6, 6.07) is 5.32. The van der Waals surface area contributed by atoms with E-state index in [1.807, 2.05) is 0 Å². The van der Waals surface area contributed by atoms with Crippen molar-refractivity contribution in [3.8, 4) is 11.5 Å². The number of aliphatic hydroxyl groups excluding tert-OH is 2. The lowest BCUT2D eigenvalue weighted by Crippen LogP contribution is -2.01. The second-order valence-electron chi connectivity index (χ2n) is 3.41. The largest absolute Gasteiger partial charge is 0.497 e. The minimum absolute atomic E-state index is 0.0769. The van der Waals surface area contributed by atoms with Crippen molar-refractivity contribution in [2.45, 2.75) is 19.4 Å². The highest BCUT2D eigenvalue weighted by Crippen LogP contribution is 2.24. The molecule has 0 saturated carbocycles. The van der Waals surface area contributed by atoms with Crippen molar-refractivity contribution in [3.63, 3.8) is 0 Å². The van der Waals surface area contributed by atoms with Gasteiger partial charge >= 0.3 is 0 Å². The highest BCUT2D eigenvalue weighted by atomic mass is 16.5. The molecule has 0 aliphatic rings. The summed E-state index contributed by atoms with van der Waals surface area (Å²) in [5.74, 6) is 1.37. The van der Waals surface area contributed by atoms with Gasteiger partial charge in [-0.25, -0.2) is 0 Å². The molecule has 2 N–H and O–H groups in total. The number of methoxy groups -OCH3 is 1. The van der Waals surface area contributed by atoms with E-state index in [4.69, 9.17) is 19.7 Å². The van der Waals surface area contributed by atoms with Crippen molar-refractivity contribution >= 4 is 0 Å². The molecule has 90 valence electrons. The zero-order valence-corrected chi connectivity index (χ0v) is 9.48. The molecule has 0 heterocycles. The second kappa shape index (κ2) is 7.09. The van der Waals surface area contributed by atoms with Crippen molar-refractivity contribution in [1.82, 2.24) is 0 Å². The number of unbranched alkanes of at least 4 members (excludes halogenated alkanes) is 1. The fraction of sp³-hybridized carbons (Fsp3) is 0.500. The van der Waals surface area contributed by atoms with Crippen LogP contribution in [-0.4, -0.2) is 30.5 Å². The predicted octanol–water partition coefficient (Wildman–Crippen LogP) is 1.34. The smallest absolute Gasteiger partial charge is 0.125 e. The fourth-order valence-electron chi connectivity index (χ4n) is 1.34. The van der Waals surface area contributed by atoms with Gasteiger partial charge in [0.1, 0.15) is 11.5 Å². The van der Waals surface area contributed by atoms with Crippen LogP contribution in [0, 0.1) is 0 Å². The van der Waals surface area contributed by atoms with Crippen LogP contribution in [0.15, 0.2) is 18.2 Å². The Hall–Kier alpha value is -1.26. The maximum Gasteiger partial charge on any atom is 0.125 e. The van der Waals surface area contributed by atoms with Crippen LogP contribution >= 0.6 is 0 Å². The van der Waals surface area contributed by atoms with Gasteiger partial charge in [0.15, 0.2) is 0 Å². The quantitative estimate of drug-likeness (QED) is 0.689. The Morgan fingerprint density at radius 3 is 2.62 bits per heavy atom. The molecule has 0 unspecified atom stereocenters. The molecule has 0 aliphatic carbocycles. The molecule has 0 aromatic heterocycles. The van der Waals surface area contributed by atoms with E-state index in [1.54, 1.807) is 25.3 Å². The van der Waals surface area contributed by atoms with Gasteiger partial charge in [0.2, 0.25) is 0 Å². The molecule has 0 radical (unpaired) electrons. The van der Waals surface area contributed by atoms with Gasteiger partial charge in [-0.05, 0) is 31.0 Å². The normalized spacial score (nSPS) is 10.2. The number of ether oxygens (including phenoxy) is 2. The van der Waals surface area contributed by atoms with E-state index in [1.165, 1.54) is 0 Å². The van der Waals surface area contributed by atoms with Crippen LogP contribution < -0.4 is 9.47 Å². The summed E-state index contributed by atoms with van der Waals surface area (Å²) in [4.78, 5) is 0. The monoisotopic (exact) mass is 226 g/mol. The summed E-state index contributed by atoms with van der Waals surface area (Å²) in [7, 11) is 1.58. The van der Waals surface area contributed by atoms with Gasteiger partial charge in [-0.2, -0.15) is 0 Å². The standard InChI is InChI=1S/C12H18O4/c1-15-11-4-5-12(10(8-11)9-14)16-7-3-2-6-13/h4-5,8,13-14H,2-3,6-7,9H2,1H3. The third-order valence-corrected chi connectivity index (χ3v) is 2.25. The molecule has 1 aromatic carbocycles. The summed E-state index contributed by atoms with van der Waals surface area (Å²) >= 11 is 0. The molecule has 4 heteroatoms. The number of aliphatic hydroxyl groups is 2. The number of hydrogen-bond donors (Lipinski definition) is 2. The molecule has 0 bridgehead atoms. The summed E-state index contributed by atoms with van der Waals surface area (Å²) in [5.41, 5.74) is 0.711. The summed E-state index contributed by atoms with van der Waals surface area (Å²) < 4.78 is 10.6. The maximum atomic E-state index is 9.17. The van der Waals surface area contributed by atoms with Crippen LogP contribution in [0.5, 0.6) is 11.5 Å². The van der Waals surface area contributed by atoms with Crippen molar-refractivity contribution in [2.75, 3.05) is 20.3 Å². The molecule has 0 fully saturated rings. The Bertz CT molecular complexity index is 312. The SMILES string of the molecule is COc1ccc(OCCCCO)c(CO)c1. The van der Waals surface area contributed by atoms with Crippen molar-refractivity contribution < 1.29 is 19.7 Å². The van der Waals surface area contributed by atoms with Crippen molar-refractivity contribution in [3.05, 3.63) is 23.8 Å². The van der Waals surface area contributed by atoms with E-state index in [9.17, 15) is 0 Å². The molecule has 0 aliphatic heterocycles. The van der Waals surface area contributed by atoms with Gasteiger partial charge in [-0.3, -0.25) is 0 Å². The van der Waals surface area contributed by atoms with Gasteiger partial charge in [0, 0.05) is 12.2 Å². The van der Waals surface area contributed by atoms with Gasteiger partial charge in [-0.1, -0.05) is 0 Å². The Morgan fingerprint density at radius 2 is 2.00 bits per heavy atom. The third kappa shape index (κ3) is 3.72. The Balaban J connectivity index is 2.57. The summed E-state index contributed by atoms with van der Waals surface area (Å²) in [6.07, 6.45) is 1.53. The molecule has 1 aromatic rings. The molecular weight excluding hydrogens is 208 g/mol. The van der Waals surface area contributed by atoms with Gasteiger partial charge in [-0.15, -0.1) is 0 Å². The molecule has 0 saturated heterocycles. The van der Waals surface area contributed by atoms with Crippen molar-refractivity contribution in [2.24, 2.45) is 0 Å². The Labute approximate surface area is 95.4 Å². The van der Waals surface area contributed by atoms with E-state index in [0.717, 1.165) is 12.8 Å². The average Bonchev–Trinajstić information content (AvgIpc) is 2.34. The Kier molecular flexibility index (Phi) is 5.67. The number of hydrogen-bond acceptors (Lipinski definition) is 4. The zero-order valence-electron chi connectivity index (χ0n) is 9.48. The molecule has 1 rings (SSSR count). The van der Waals surface area contributed by atoms with Crippen LogP contribution in [0.2, 0.25) is 0 Å². The van der Waals surface area contributed by atoms with E-state index >= 15 is 0 Å². The maximum absolute atomic E-state index is 9.17. The third-order valence-electron chi connectivity index (χ3n) is 2.25. The van der Waals surface area contributed by atoms with E-state index in [-0.39, 0.29) is 13.2 Å². The van der Waals surface area contributed by atoms with Crippen LogP contribution in [0.25, 0.3) is 0 Å². The predicted molar refractivity (Wildman–Crippen MR) is 60.7 cm³/mol. The minimum Gasteiger partial charge on any atom is -0.497 e. The van der Waals surface area contributed by atoms with E-state index < -0.39 is 0 Å². The zero-order chi connectivity index (χ0) is 11.8. The van der Waals surface area contributed by atoms with Gasteiger partial charge in [0.05, 0.1) is 20.3 Å². The van der Waals surface area contributed by atoms with E-state index in [0.29, 0.717) is 23.7 Å². The van der Waals surface area contributed by atoms with Gasteiger partial charge in [0.25, 0.3) is 0 Å². The topological polar surface area (TPSA) is 58.9 Å². The average molecular weight is 226 g/mol. The summed E-state index contributed by atoms with van der Waals surface area (Å²) in [5, 5.41) is 17.8. The highest BCUT2D eigenvalue weighted by molar-refractivity contribution is 5.39. The lowest BCUT2D eigenvalue weighted by atomic mass is 10.2. The lowest BCUT2D eigenvalue weighted by Gasteiger charge is -2.11. The van der Waals surface area contributed by atoms with Crippen molar-refractivity contribution in [1.29, 1.82) is 0 Å². The molecule has 0 spiro atoms. The van der Waals surface area contributed by atoms with Crippen LogP contribution in [0.4, 0.5) is 0 Å². The Morgan fingerprint density at radius 1 is 1.19 bits per heavy atom. The second-order valence-corrected chi connectivity index (χ2v) is 3.41. The molecule has 16 heavy (non-hydrogen) atoms. The van der Waals surface area contributed by atoms with Crippen LogP contribution in [0.1, 0.15) is 18.4 Å². The first-order valence-electron chi connectivity index (χ1n) is 5.33. The summed E-state index contributed by atoms with van der Waals surface area (Å²) in [6.45, 7) is 0.644. The first kappa shape index (κ1) is 12.8. The van der Waals surface area contributed by atoms with E-state index in [2.05, 4.69) is 0 Å².